The quantitative estimate of drug-likeness (QED) is 0.377. The van der Waals surface area contributed by atoms with E-state index >= 15 is 0 Å². The molecular weight excluding hydrogens is 466 g/mol. The van der Waals surface area contributed by atoms with E-state index in [0.29, 0.717) is 22.3 Å². The second-order valence-corrected chi connectivity index (χ2v) is 8.74. The van der Waals surface area contributed by atoms with Gasteiger partial charge in [0.25, 0.3) is 17.4 Å². The largest absolute Gasteiger partial charge is 0.491 e. The third-order valence-corrected chi connectivity index (χ3v) is 6.26. The van der Waals surface area contributed by atoms with Crippen LogP contribution in [-0.2, 0) is 11.8 Å². The lowest BCUT2D eigenvalue weighted by Crippen LogP contribution is -2.54. The van der Waals surface area contributed by atoms with E-state index in [-0.39, 0.29) is 44.9 Å². The number of carboxylic acid groups (broad SMARTS) is 1. The Morgan fingerprint density at radius 1 is 1.23 bits per heavy atom. The number of likely N-dealkylation sites (N-methyl/N-ethyl adjacent to an activating group) is 1. The molecule has 1 aromatic heterocycles. The molecule has 10 nitrogen and oxygen atoms in total. The number of halogens is 2. The number of pyridine rings is 1. The summed E-state index contributed by atoms with van der Waals surface area (Å²) in [5, 5.41) is 12.2. The molecule has 2 aromatic rings. The predicted octanol–water partition coefficient (Wildman–Crippen LogP) is 2.29. The zero-order valence-corrected chi connectivity index (χ0v) is 19.8. The van der Waals surface area contributed by atoms with Crippen LogP contribution in [0.25, 0.3) is 10.9 Å². The van der Waals surface area contributed by atoms with Crippen LogP contribution in [0.1, 0.15) is 19.8 Å². The van der Waals surface area contributed by atoms with Gasteiger partial charge in [-0.1, -0.05) is 6.92 Å². The van der Waals surface area contributed by atoms with E-state index in [2.05, 4.69) is 5.32 Å². The van der Waals surface area contributed by atoms with Crippen molar-refractivity contribution >= 4 is 28.6 Å². The summed E-state index contributed by atoms with van der Waals surface area (Å²) in [7, 11) is 2.97. The number of nitrogen functional groups attached to an aromatic ring is 1. The van der Waals surface area contributed by atoms with Gasteiger partial charge in [-0.3, -0.25) is 9.59 Å². The molecule has 1 fully saturated rings. The Morgan fingerprint density at radius 3 is 2.60 bits per heavy atom. The van der Waals surface area contributed by atoms with Gasteiger partial charge in [0.2, 0.25) is 0 Å². The number of anilines is 1. The monoisotopic (exact) mass is 496 g/mol. The highest BCUT2D eigenvalue weighted by Gasteiger charge is 2.49. The van der Waals surface area contributed by atoms with Crippen LogP contribution >= 0.6 is 0 Å². The predicted molar refractivity (Wildman–Crippen MR) is 125 cm³/mol. The highest BCUT2D eigenvalue weighted by molar-refractivity contribution is 5.89. The Hall–Kier alpha value is -3.57. The van der Waals surface area contributed by atoms with Gasteiger partial charge in [-0.2, -0.15) is 0 Å². The normalized spacial score (nSPS) is 19.4. The average Bonchev–Trinajstić information content (AvgIpc) is 2.79. The molecule has 2 amide bonds. The number of nitrogens with two attached hydrogens (primary N) is 1. The molecule has 12 heteroatoms. The number of piperidine rings is 1. The smallest absolute Gasteiger partial charge is 0.407 e. The van der Waals surface area contributed by atoms with E-state index in [1.807, 2.05) is 0 Å². The van der Waals surface area contributed by atoms with Crippen molar-refractivity contribution in [2.24, 2.45) is 18.9 Å². The Labute approximate surface area is 200 Å². The van der Waals surface area contributed by atoms with Crippen molar-refractivity contribution in [2.45, 2.75) is 25.7 Å². The van der Waals surface area contributed by atoms with Crippen molar-refractivity contribution in [3.05, 3.63) is 28.6 Å². The third-order valence-electron chi connectivity index (χ3n) is 6.26. The Balaban J connectivity index is 1.74. The number of carbonyl (C=O) groups is 2. The van der Waals surface area contributed by atoms with Gasteiger partial charge in [0.15, 0.2) is 12.4 Å². The number of ether oxygens (including phenoxy) is 2. The van der Waals surface area contributed by atoms with Crippen molar-refractivity contribution in [3.8, 4) is 11.5 Å². The molecule has 0 radical (unpaired) electrons. The van der Waals surface area contributed by atoms with Crippen LogP contribution in [-0.4, -0.2) is 65.8 Å². The summed E-state index contributed by atoms with van der Waals surface area (Å²) < 4.78 is 41.7. The molecule has 4 N–H and O–H groups in total. The molecule has 0 aliphatic carbocycles. The first-order valence-corrected chi connectivity index (χ1v) is 11.2. The number of carbonyl (C=O) groups excluding carboxylic acids is 1. The fourth-order valence-corrected chi connectivity index (χ4v) is 4.29. The molecular formula is C23H30F2N4O6. The molecule has 1 aliphatic heterocycles. The van der Waals surface area contributed by atoms with Gasteiger partial charge >= 0.3 is 6.09 Å². The molecule has 1 aromatic carbocycles. The average molecular weight is 497 g/mol. The van der Waals surface area contributed by atoms with Crippen LogP contribution in [0.15, 0.2) is 23.0 Å². The molecule has 0 spiro atoms. The Bertz CT molecular complexity index is 1170. The topological polar surface area (TPSA) is 136 Å². The van der Waals surface area contributed by atoms with E-state index in [1.165, 1.54) is 37.7 Å². The van der Waals surface area contributed by atoms with Crippen molar-refractivity contribution < 1.29 is 33.0 Å². The van der Waals surface area contributed by atoms with Crippen LogP contribution < -0.4 is 26.1 Å². The van der Waals surface area contributed by atoms with Gasteiger partial charge in [-0.25, -0.2) is 13.6 Å². The first kappa shape index (κ1) is 26.0. The Kier molecular flexibility index (Phi) is 7.71. The van der Waals surface area contributed by atoms with Crippen molar-refractivity contribution in [1.29, 1.82) is 0 Å². The van der Waals surface area contributed by atoms with Crippen LogP contribution in [0, 0.1) is 11.8 Å². The number of benzene rings is 1. The minimum absolute atomic E-state index is 0.0308. The van der Waals surface area contributed by atoms with Crippen molar-refractivity contribution in [3.63, 3.8) is 0 Å². The van der Waals surface area contributed by atoms with Gasteiger partial charge in [0.05, 0.1) is 12.1 Å². The van der Waals surface area contributed by atoms with Gasteiger partial charge in [0.1, 0.15) is 5.75 Å². The first-order chi connectivity index (χ1) is 16.4. The van der Waals surface area contributed by atoms with Gasteiger partial charge < -0.3 is 35.1 Å². The fourth-order valence-electron chi connectivity index (χ4n) is 4.29. The number of aromatic nitrogens is 1. The lowest BCUT2D eigenvalue weighted by atomic mass is 9.83. The van der Waals surface area contributed by atoms with E-state index in [1.54, 1.807) is 6.07 Å². The third kappa shape index (κ3) is 5.57. The maximum absolute atomic E-state index is 14.6. The first-order valence-electron chi connectivity index (χ1n) is 11.2. The number of nitrogens with zero attached hydrogens (tertiary/aromatic N) is 2. The number of amides is 2. The molecule has 35 heavy (non-hydrogen) atoms. The molecule has 0 saturated carbocycles. The minimum Gasteiger partial charge on any atom is -0.491 e. The molecule has 1 saturated heterocycles. The number of hydrogen-bond acceptors (Lipinski definition) is 6. The highest BCUT2D eigenvalue weighted by atomic mass is 19.3. The molecule has 2 atom stereocenters. The zero-order chi connectivity index (χ0) is 25.9. The van der Waals surface area contributed by atoms with Crippen LogP contribution in [0.5, 0.6) is 11.5 Å². The number of nitrogens with one attached hydrogen (secondary N) is 1. The summed E-state index contributed by atoms with van der Waals surface area (Å²) in [5.41, 5.74) is 6.29. The summed E-state index contributed by atoms with van der Waals surface area (Å²) in [6, 6.07) is 4.63. The summed E-state index contributed by atoms with van der Waals surface area (Å²) in [6.45, 7) is 0.654. The van der Waals surface area contributed by atoms with Crippen molar-refractivity contribution in [1.82, 2.24) is 14.8 Å². The van der Waals surface area contributed by atoms with E-state index < -0.39 is 35.3 Å². The molecule has 1 aliphatic rings. The van der Waals surface area contributed by atoms with Crippen LogP contribution in [0.4, 0.5) is 19.3 Å². The molecule has 192 valence electrons. The lowest BCUT2D eigenvalue weighted by molar-refractivity contribution is -0.142. The lowest BCUT2D eigenvalue weighted by Gasteiger charge is -2.41. The number of rotatable bonds is 8. The van der Waals surface area contributed by atoms with E-state index in [0.717, 1.165) is 4.90 Å². The van der Waals surface area contributed by atoms with Gasteiger partial charge in [0, 0.05) is 56.2 Å². The van der Waals surface area contributed by atoms with Crippen LogP contribution in [0.2, 0.25) is 0 Å². The molecule has 2 heterocycles. The molecule has 3 rings (SSSR count). The standard InChI is InChI=1S/C23H30F2N4O6/c1-13-10-29(22(32)33)11-15(23(13,24)25)5-4-6-34-17-9-16(26)7-14-8-18(35-12-19(30)27-2)21(31)28(3)20(14)17/h7-9,13,15H,4-6,10-12,26H2,1-3H3,(H,27,30)(H,32,33)/t13-,15?/m0/s1. The van der Waals surface area contributed by atoms with Crippen LogP contribution in [0.3, 0.4) is 0 Å². The number of aryl methyl sites for hydroxylation is 1. The van der Waals surface area contributed by atoms with Gasteiger partial charge in [-0.15, -0.1) is 0 Å². The number of fused-ring (bicyclic) bond motifs is 1. The van der Waals surface area contributed by atoms with E-state index in [9.17, 15) is 28.3 Å². The van der Waals surface area contributed by atoms with Gasteiger partial charge in [-0.05, 0) is 25.0 Å². The molecule has 1 unspecified atom stereocenters. The van der Waals surface area contributed by atoms with E-state index in [4.69, 9.17) is 15.2 Å². The maximum Gasteiger partial charge on any atom is 0.407 e. The summed E-state index contributed by atoms with van der Waals surface area (Å²) >= 11 is 0. The van der Waals surface area contributed by atoms with Crippen molar-refractivity contribution in [2.75, 3.05) is 39.1 Å². The summed E-state index contributed by atoms with van der Waals surface area (Å²) in [5.74, 6) is -5.30. The number of alkyl halides is 2. The highest BCUT2D eigenvalue weighted by Crippen LogP contribution is 2.40. The second kappa shape index (κ2) is 10.4. The molecule has 0 bridgehead atoms. The fraction of sp³-hybridized carbons (Fsp3) is 0.522. The zero-order valence-electron chi connectivity index (χ0n) is 19.8. The Morgan fingerprint density at radius 2 is 1.94 bits per heavy atom. The minimum atomic E-state index is -2.98. The maximum atomic E-state index is 14.6. The number of likely N-dealkylation sites (tertiary alicyclic amines) is 1. The SMILES string of the molecule is CNC(=O)COc1cc2cc(N)cc(OCCCC3CN(C(=O)O)C[C@H](C)C3(F)F)c2n(C)c1=O. The summed E-state index contributed by atoms with van der Waals surface area (Å²) in [6.07, 6.45) is -0.894. The number of hydrogen-bond donors (Lipinski definition) is 3. The summed E-state index contributed by atoms with van der Waals surface area (Å²) in [4.78, 5) is 36.5. The second-order valence-electron chi connectivity index (χ2n) is 8.74.